The molecule has 0 fully saturated rings. The van der Waals surface area contributed by atoms with Gasteiger partial charge in [-0.25, -0.2) is 4.79 Å². The maximum Gasteiger partial charge on any atom is 0.453 e. The third-order valence-corrected chi connectivity index (χ3v) is 13.1. The van der Waals surface area contributed by atoms with Gasteiger partial charge in [-0.1, -0.05) is 157 Å². The van der Waals surface area contributed by atoms with Crippen LogP contribution >= 0.6 is 16.5 Å². The van der Waals surface area contributed by atoms with Crippen molar-refractivity contribution >= 4 is 87.9 Å². The average Bonchev–Trinajstić information content (AvgIpc) is 3.58. The van der Waals surface area contributed by atoms with Gasteiger partial charge in [0, 0.05) is 32.7 Å². The molecule has 2 aromatic heterocycles. The molecule has 0 bridgehead atoms. The summed E-state index contributed by atoms with van der Waals surface area (Å²) in [6, 6.07) is 60.6. The summed E-state index contributed by atoms with van der Waals surface area (Å²) in [6.45, 7) is 2.07. The first kappa shape index (κ1) is 38.3. The molecule has 2 heterocycles. The quantitative estimate of drug-likeness (QED) is 0.139. The zero-order chi connectivity index (χ0) is 42.3. The molecule has 0 atom stereocenters. The van der Waals surface area contributed by atoms with Crippen molar-refractivity contribution in [3.63, 3.8) is 0 Å². The summed E-state index contributed by atoms with van der Waals surface area (Å²) < 4.78 is 46.6. The first-order chi connectivity index (χ1) is 31.0. The number of benzene rings is 9. The lowest BCUT2D eigenvalue weighted by Gasteiger charge is -2.20. The van der Waals surface area contributed by atoms with Crippen LogP contribution in [0.5, 0.6) is 11.5 Å². The van der Waals surface area contributed by atoms with Crippen LogP contribution < -0.4 is 9.05 Å². The minimum atomic E-state index is -2.23. The van der Waals surface area contributed by atoms with Crippen molar-refractivity contribution in [2.75, 3.05) is 0 Å². The van der Waals surface area contributed by atoms with Gasteiger partial charge in [0.05, 0.1) is 0 Å². The Bertz CT molecular complexity index is 3520. The van der Waals surface area contributed by atoms with Crippen LogP contribution in [0.25, 0.3) is 76.5 Å². The zero-order valence-electron chi connectivity index (χ0n) is 33.8. The highest BCUT2D eigenvalue weighted by atomic mass is 31.1. The largest absolute Gasteiger partial charge is 0.457 e. The first-order valence-corrected chi connectivity index (χ1v) is 22.6. The maximum atomic E-state index is 14.7. The molecule has 0 spiro atoms. The summed E-state index contributed by atoms with van der Waals surface area (Å²) in [5.74, 6) is 0.0694. The second-order valence-electron chi connectivity index (χ2n) is 15.1. The lowest BCUT2D eigenvalue weighted by molar-refractivity contribution is 0.0471. The van der Waals surface area contributed by atoms with E-state index >= 15 is 0 Å². The number of esters is 1. The van der Waals surface area contributed by atoms with E-state index in [0.29, 0.717) is 39.2 Å². The molecule has 306 valence electrons. The standard InChI is InChI=1S/C53H36O8P2/c1-34-26-28-35(29-27-34)33-55-53(54)44-32-37-15-3-5-17-39(37)51(52(44)61-63-58-47-24-12-8-20-42(47)43-21-9-13-25-48(43)59-63)50-38-16-4-2-14-36(38)30-31-49(50)60-62-56-45-22-10-6-18-40(45)41-19-7-11-23-46(41)57-62/h2-32H,33H2,1H3. The zero-order valence-corrected chi connectivity index (χ0v) is 35.6. The number of rotatable bonds is 8. The van der Waals surface area contributed by atoms with Crippen LogP contribution in [-0.4, -0.2) is 5.97 Å². The molecule has 8 nitrogen and oxygen atoms in total. The van der Waals surface area contributed by atoms with E-state index in [2.05, 4.69) is 0 Å². The SMILES string of the molecule is Cc1ccc(COC(=O)c2cc3ccccc3c(-c3c(Op4oc5ccccc5c5ccccc5o4)ccc4ccccc34)c2Op2oc3ccccc3c3ccccc3o2)cc1. The highest BCUT2D eigenvalue weighted by Crippen LogP contribution is 2.52. The van der Waals surface area contributed by atoms with Crippen molar-refractivity contribution in [1.29, 1.82) is 0 Å². The predicted molar refractivity (Wildman–Crippen MR) is 252 cm³/mol. The van der Waals surface area contributed by atoms with Crippen LogP contribution in [0.2, 0.25) is 0 Å². The molecular weight excluding hydrogens is 827 g/mol. The van der Waals surface area contributed by atoms with E-state index in [0.717, 1.165) is 54.2 Å². The van der Waals surface area contributed by atoms with Gasteiger partial charge >= 0.3 is 22.4 Å². The third kappa shape index (κ3) is 7.36. The van der Waals surface area contributed by atoms with Crippen LogP contribution in [0.3, 0.4) is 0 Å². The molecule has 11 rings (SSSR count). The molecule has 0 saturated carbocycles. The topological polar surface area (TPSA) is 97.3 Å². The Morgan fingerprint density at radius 1 is 0.460 bits per heavy atom. The van der Waals surface area contributed by atoms with Crippen LogP contribution in [0.4, 0.5) is 0 Å². The predicted octanol–water partition coefficient (Wildman–Crippen LogP) is 16.2. The Labute approximate surface area is 362 Å². The molecule has 0 radical (unpaired) electrons. The highest BCUT2D eigenvalue weighted by Gasteiger charge is 2.28. The fraction of sp³-hybridized carbons (Fsp3) is 0.0377. The van der Waals surface area contributed by atoms with E-state index in [4.69, 9.17) is 30.6 Å². The minimum absolute atomic E-state index is 0.0494. The van der Waals surface area contributed by atoms with Gasteiger partial charge in [0.25, 0.3) is 0 Å². The smallest absolute Gasteiger partial charge is 0.453 e. The Morgan fingerprint density at radius 3 is 1.44 bits per heavy atom. The molecule has 10 heteroatoms. The van der Waals surface area contributed by atoms with E-state index < -0.39 is 22.4 Å². The number of carbonyl (C=O) groups is 1. The van der Waals surface area contributed by atoms with Gasteiger partial charge in [0.15, 0.2) is 5.75 Å². The monoisotopic (exact) mass is 862 g/mol. The summed E-state index contributed by atoms with van der Waals surface area (Å²) in [4.78, 5) is 14.7. The molecular formula is C53H36O8P2. The van der Waals surface area contributed by atoms with Crippen molar-refractivity contribution in [2.45, 2.75) is 13.5 Å². The Hall–Kier alpha value is -7.63. The van der Waals surface area contributed by atoms with E-state index in [-0.39, 0.29) is 17.9 Å². The normalized spacial score (nSPS) is 11.4. The molecule has 0 aliphatic rings. The summed E-state index contributed by atoms with van der Waals surface area (Å²) in [5, 5.41) is 6.86. The summed E-state index contributed by atoms with van der Waals surface area (Å²) >= 11 is 0. The molecule has 11 aromatic rings. The van der Waals surface area contributed by atoms with Gasteiger partial charge in [0.1, 0.15) is 40.3 Å². The number of ether oxygens (including phenoxy) is 1. The number of hydrogen-bond acceptors (Lipinski definition) is 8. The average molecular weight is 863 g/mol. The van der Waals surface area contributed by atoms with Crippen molar-refractivity contribution in [2.24, 2.45) is 0 Å². The summed E-state index contributed by atoms with van der Waals surface area (Å²) in [6.07, 6.45) is 0. The second-order valence-corrected chi connectivity index (χ2v) is 17.0. The Kier molecular flexibility index (Phi) is 9.93. The fourth-order valence-corrected chi connectivity index (χ4v) is 10.1. The molecule has 0 saturated heterocycles. The minimum Gasteiger partial charge on any atom is -0.457 e. The molecule has 0 unspecified atom stereocenters. The van der Waals surface area contributed by atoms with E-state index in [9.17, 15) is 4.79 Å². The number of hydrogen-bond donors (Lipinski definition) is 0. The molecule has 63 heavy (non-hydrogen) atoms. The van der Waals surface area contributed by atoms with Crippen molar-refractivity contribution in [1.82, 2.24) is 0 Å². The van der Waals surface area contributed by atoms with Gasteiger partial charge in [-0.3, -0.25) is 0 Å². The van der Waals surface area contributed by atoms with Crippen LogP contribution in [0.15, 0.2) is 205 Å². The van der Waals surface area contributed by atoms with E-state index in [1.54, 1.807) is 0 Å². The second kappa shape index (κ2) is 16.3. The highest BCUT2D eigenvalue weighted by molar-refractivity contribution is 7.32. The number of para-hydroxylation sites is 4. The molecule has 0 aliphatic carbocycles. The molecule has 0 amide bonds. The molecule has 0 N–H and O–H groups in total. The van der Waals surface area contributed by atoms with E-state index in [1.165, 1.54) is 0 Å². The lowest BCUT2D eigenvalue weighted by atomic mass is 9.90. The lowest BCUT2D eigenvalue weighted by Crippen LogP contribution is -2.08. The van der Waals surface area contributed by atoms with Crippen molar-refractivity contribution < 1.29 is 35.4 Å². The van der Waals surface area contributed by atoms with Gasteiger partial charge < -0.3 is 30.6 Å². The molecule has 0 aliphatic heterocycles. The van der Waals surface area contributed by atoms with Gasteiger partial charge in [-0.05, 0) is 70.4 Å². The third-order valence-electron chi connectivity index (χ3n) is 11.0. The first-order valence-electron chi connectivity index (χ1n) is 20.4. The van der Waals surface area contributed by atoms with Crippen LogP contribution in [0.1, 0.15) is 21.5 Å². The number of aryl methyl sites for hydroxylation is 1. The number of fused-ring (bicyclic) bond motifs is 8. The molecule has 9 aromatic carbocycles. The Morgan fingerprint density at radius 2 is 0.905 bits per heavy atom. The summed E-state index contributed by atoms with van der Waals surface area (Å²) in [7, 11) is -4.30. The van der Waals surface area contributed by atoms with Crippen molar-refractivity contribution in [3.8, 4) is 22.6 Å². The van der Waals surface area contributed by atoms with Gasteiger partial charge in [-0.2, -0.15) is 0 Å². The maximum absolute atomic E-state index is 14.7. The van der Waals surface area contributed by atoms with Crippen LogP contribution in [0, 0.1) is 6.92 Å². The summed E-state index contributed by atoms with van der Waals surface area (Å²) in [5.41, 5.74) is 5.81. The van der Waals surface area contributed by atoms with Crippen LogP contribution in [-0.2, 0) is 11.3 Å². The van der Waals surface area contributed by atoms with Gasteiger partial charge in [0.2, 0.25) is 0 Å². The van der Waals surface area contributed by atoms with E-state index in [1.807, 2.05) is 195 Å². The van der Waals surface area contributed by atoms with Crippen molar-refractivity contribution in [3.05, 3.63) is 205 Å². The fourth-order valence-electron chi connectivity index (χ4n) is 7.98. The van der Waals surface area contributed by atoms with Gasteiger partial charge in [-0.15, -0.1) is 0 Å². The number of carbonyl (C=O) groups excluding carboxylic acids is 1. The Balaban J connectivity index is 1.19.